The number of phenolic OH excluding ortho intramolecular Hbond substituents is 1. The summed E-state index contributed by atoms with van der Waals surface area (Å²) < 4.78 is 3.77. The molecule has 4 aromatic rings. The average molecular weight is 505 g/mol. The lowest BCUT2D eigenvalue weighted by Gasteiger charge is -2.46. The number of imidazole rings is 1. The first-order chi connectivity index (χ1) is 15.1. The zero-order chi connectivity index (χ0) is 22.7. The number of phenols is 1. The number of halogens is 2. The van der Waals surface area contributed by atoms with Crippen LogP contribution in [0.1, 0.15) is 52.3 Å². The maximum Gasteiger partial charge on any atom is 0.201 e. The highest BCUT2D eigenvalue weighted by Crippen LogP contribution is 2.37. The molecular formula is C23H30Cl2N8O. The lowest BCUT2D eigenvalue weighted by molar-refractivity contribution is 0.127. The average Bonchev–Trinajstić information content (AvgIpc) is 3.31. The maximum atomic E-state index is 10.7. The Bertz CT molecular complexity index is 1300. The SMILES string of the molecule is Cc1cn(-c2ccc(-c3cc4nnn(C5CC(C)(C)NC(C)(C)C5)c4nn3)c(O)c2)cn1.Cl.Cl. The molecule has 0 atom stereocenters. The van der Waals surface area contributed by atoms with Crippen LogP contribution < -0.4 is 5.32 Å². The fourth-order valence-corrected chi connectivity index (χ4v) is 5.03. The molecule has 1 aliphatic heterocycles. The van der Waals surface area contributed by atoms with Crippen molar-refractivity contribution < 1.29 is 5.11 Å². The van der Waals surface area contributed by atoms with E-state index in [4.69, 9.17) is 0 Å². The Labute approximate surface area is 210 Å². The van der Waals surface area contributed by atoms with E-state index < -0.39 is 0 Å². The predicted octanol–water partition coefficient (Wildman–Crippen LogP) is 4.41. The first-order valence-corrected chi connectivity index (χ1v) is 10.8. The van der Waals surface area contributed by atoms with E-state index in [2.05, 4.69) is 58.5 Å². The van der Waals surface area contributed by atoms with Gasteiger partial charge in [-0.3, -0.25) is 0 Å². The van der Waals surface area contributed by atoms with E-state index in [9.17, 15) is 5.11 Å². The monoisotopic (exact) mass is 504 g/mol. The Balaban J connectivity index is 0.00000162. The molecule has 2 N–H and O–H groups in total. The smallest absolute Gasteiger partial charge is 0.201 e. The number of rotatable bonds is 3. The van der Waals surface area contributed by atoms with Gasteiger partial charge in [-0.1, -0.05) is 5.21 Å². The fourth-order valence-electron chi connectivity index (χ4n) is 5.03. The minimum Gasteiger partial charge on any atom is -0.507 e. The molecule has 0 radical (unpaired) electrons. The normalized spacial score (nSPS) is 17.2. The molecule has 1 saturated heterocycles. The van der Waals surface area contributed by atoms with Crippen LogP contribution in [-0.4, -0.2) is 50.9 Å². The second-order valence-electron chi connectivity index (χ2n) is 10.1. The third-order valence-electron chi connectivity index (χ3n) is 6.00. The number of hydrogen-bond donors (Lipinski definition) is 2. The first-order valence-electron chi connectivity index (χ1n) is 10.8. The van der Waals surface area contributed by atoms with E-state index in [1.807, 2.05) is 40.6 Å². The molecule has 0 unspecified atom stereocenters. The topological polar surface area (TPSA) is 107 Å². The third-order valence-corrected chi connectivity index (χ3v) is 6.00. The largest absolute Gasteiger partial charge is 0.507 e. The van der Waals surface area contributed by atoms with Crippen molar-refractivity contribution >= 4 is 36.0 Å². The lowest BCUT2D eigenvalue weighted by Crippen LogP contribution is -2.58. The zero-order valence-corrected chi connectivity index (χ0v) is 21.5. The van der Waals surface area contributed by atoms with Crippen LogP contribution in [0.15, 0.2) is 36.8 Å². The highest BCUT2D eigenvalue weighted by molar-refractivity contribution is 5.85. The fraction of sp³-hybridized carbons (Fsp3) is 0.435. The summed E-state index contributed by atoms with van der Waals surface area (Å²) in [5.74, 6) is 0.122. The Hall–Kier alpha value is -2.75. The van der Waals surface area contributed by atoms with Crippen LogP contribution in [0.4, 0.5) is 0 Å². The molecule has 0 bridgehead atoms. The molecule has 5 rings (SSSR count). The lowest BCUT2D eigenvalue weighted by atomic mass is 9.80. The summed E-state index contributed by atoms with van der Waals surface area (Å²) in [6.07, 6.45) is 5.47. The Morgan fingerprint density at radius 3 is 2.32 bits per heavy atom. The van der Waals surface area contributed by atoms with Crippen molar-refractivity contribution in [3.05, 3.63) is 42.5 Å². The van der Waals surface area contributed by atoms with Gasteiger partial charge >= 0.3 is 0 Å². The van der Waals surface area contributed by atoms with Crippen LogP contribution in [0.3, 0.4) is 0 Å². The van der Waals surface area contributed by atoms with Crippen LogP contribution in [0.25, 0.3) is 28.1 Å². The van der Waals surface area contributed by atoms with Gasteiger partial charge in [0.15, 0.2) is 0 Å². The standard InChI is InChI=1S/C23H28N8O.2ClH/c1-14-12-30(13-24-14)15-6-7-17(20(32)8-15)18-9-19-21(27-25-18)31(29-26-19)16-10-22(2,3)28-23(4,5)11-16;;/h6-9,12-13,16,28,32H,10-11H2,1-5H3;2*1H. The first kappa shape index (κ1) is 25.9. The molecule has 182 valence electrons. The number of nitrogens with one attached hydrogen (secondary N) is 1. The highest BCUT2D eigenvalue weighted by Gasteiger charge is 2.39. The van der Waals surface area contributed by atoms with Crippen molar-refractivity contribution in [2.75, 3.05) is 0 Å². The highest BCUT2D eigenvalue weighted by atomic mass is 35.5. The Morgan fingerprint density at radius 2 is 1.71 bits per heavy atom. The Morgan fingerprint density at radius 1 is 1.00 bits per heavy atom. The summed E-state index contributed by atoms with van der Waals surface area (Å²) >= 11 is 0. The van der Waals surface area contributed by atoms with Crippen LogP contribution in [-0.2, 0) is 0 Å². The van der Waals surface area contributed by atoms with Crippen LogP contribution >= 0.6 is 24.8 Å². The molecule has 0 spiro atoms. The van der Waals surface area contributed by atoms with Crippen molar-refractivity contribution in [3.8, 4) is 22.7 Å². The van der Waals surface area contributed by atoms with Crippen LogP contribution in [0, 0.1) is 6.92 Å². The molecule has 9 nitrogen and oxygen atoms in total. The molecule has 0 saturated carbocycles. The van der Waals surface area contributed by atoms with E-state index >= 15 is 0 Å². The minimum absolute atomic E-state index is 0. The number of benzene rings is 1. The summed E-state index contributed by atoms with van der Waals surface area (Å²) in [6, 6.07) is 7.45. The Kier molecular flexibility index (Phi) is 6.94. The van der Waals surface area contributed by atoms with Crippen LogP contribution in [0.5, 0.6) is 5.75 Å². The summed E-state index contributed by atoms with van der Waals surface area (Å²) in [5, 5.41) is 32.0. The van der Waals surface area contributed by atoms with Gasteiger partial charge in [0.2, 0.25) is 5.65 Å². The van der Waals surface area contributed by atoms with Gasteiger partial charge in [-0.2, -0.15) is 0 Å². The summed E-state index contributed by atoms with van der Waals surface area (Å²) in [7, 11) is 0. The summed E-state index contributed by atoms with van der Waals surface area (Å²) in [4.78, 5) is 4.23. The van der Waals surface area contributed by atoms with Gasteiger partial charge < -0.3 is 15.0 Å². The zero-order valence-electron chi connectivity index (χ0n) is 19.8. The third kappa shape index (κ3) is 4.87. The maximum absolute atomic E-state index is 10.7. The number of aryl methyl sites for hydroxylation is 1. The number of fused-ring (bicyclic) bond motifs is 1. The van der Waals surface area contributed by atoms with Gasteiger partial charge in [0, 0.05) is 28.9 Å². The molecule has 34 heavy (non-hydrogen) atoms. The van der Waals surface area contributed by atoms with Gasteiger partial charge in [-0.05, 0) is 65.7 Å². The minimum atomic E-state index is -0.0145. The van der Waals surface area contributed by atoms with Crippen molar-refractivity contribution in [3.63, 3.8) is 0 Å². The van der Waals surface area contributed by atoms with E-state index in [0.717, 1.165) is 24.2 Å². The van der Waals surface area contributed by atoms with Crippen molar-refractivity contribution in [2.24, 2.45) is 0 Å². The van der Waals surface area contributed by atoms with Gasteiger partial charge in [-0.15, -0.1) is 40.1 Å². The second-order valence-corrected chi connectivity index (χ2v) is 10.1. The molecule has 4 heterocycles. The van der Waals surface area contributed by atoms with E-state index in [0.29, 0.717) is 22.4 Å². The molecular weight excluding hydrogens is 475 g/mol. The van der Waals surface area contributed by atoms with E-state index in [1.165, 1.54) is 0 Å². The predicted molar refractivity (Wildman–Crippen MR) is 136 cm³/mol. The van der Waals surface area contributed by atoms with Gasteiger partial charge in [0.1, 0.15) is 11.3 Å². The molecule has 0 aliphatic carbocycles. The van der Waals surface area contributed by atoms with Gasteiger partial charge in [0.05, 0.1) is 29.4 Å². The number of aromatic nitrogens is 7. The molecule has 1 aromatic carbocycles. The number of nitrogens with zero attached hydrogens (tertiary/aromatic N) is 7. The van der Waals surface area contributed by atoms with E-state index in [-0.39, 0.29) is 47.7 Å². The molecule has 1 fully saturated rings. The van der Waals surface area contributed by atoms with E-state index in [1.54, 1.807) is 12.4 Å². The number of hydrogen-bond acceptors (Lipinski definition) is 7. The van der Waals surface area contributed by atoms with Gasteiger partial charge in [-0.25, -0.2) is 9.67 Å². The molecule has 3 aromatic heterocycles. The molecule has 11 heteroatoms. The molecule has 1 aliphatic rings. The second kappa shape index (κ2) is 9.13. The van der Waals surface area contributed by atoms with Crippen molar-refractivity contribution in [1.82, 2.24) is 40.1 Å². The summed E-state index contributed by atoms with van der Waals surface area (Å²) in [6.45, 7) is 10.8. The quantitative estimate of drug-likeness (QED) is 0.425. The van der Waals surface area contributed by atoms with Crippen molar-refractivity contribution in [1.29, 1.82) is 0 Å². The van der Waals surface area contributed by atoms with Crippen molar-refractivity contribution in [2.45, 2.75) is 64.6 Å². The number of aromatic hydroxyl groups is 1. The van der Waals surface area contributed by atoms with Gasteiger partial charge in [0.25, 0.3) is 0 Å². The van der Waals surface area contributed by atoms with Crippen LogP contribution in [0.2, 0.25) is 0 Å². The molecule has 0 amide bonds. The number of piperidine rings is 1. The summed E-state index contributed by atoms with van der Waals surface area (Å²) in [5.41, 5.74) is 4.19.